The molecule has 0 fully saturated rings. The first-order chi connectivity index (χ1) is 7.12. The van der Waals surface area contributed by atoms with Crippen LogP contribution in [0, 0.1) is 12.7 Å². The van der Waals surface area contributed by atoms with Crippen LogP contribution >= 0.6 is 0 Å². The van der Waals surface area contributed by atoms with E-state index in [1.807, 2.05) is 12.2 Å². The van der Waals surface area contributed by atoms with Crippen LogP contribution in [0.3, 0.4) is 0 Å². The first kappa shape index (κ1) is 10.4. The minimum atomic E-state index is -0.892. The van der Waals surface area contributed by atoms with Gasteiger partial charge in [-0.1, -0.05) is 18.2 Å². The molecule has 1 nitrogen and oxygen atoms in total. The number of aryl methyl sites for hydroxylation is 1. The lowest BCUT2D eigenvalue weighted by molar-refractivity contribution is 0.0725. The molecule has 0 heterocycles. The van der Waals surface area contributed by atoms with Crippen molar-refractivity contribution in [1.29, 1.82) is 0 Å². The van der Waals surface area contributed by atoms with Crippen LogP contribution in [-0.2, 0) is 5.60 Å². The molecule has 80 valence electrons. The molecule has 0 amide bonds. The summed E-state index contributed by atoms with van der Waals surface area (Å²) in [6, 6.07) is 4.81. The van der Waals surface area contributed by atoms with Crippen molar-refractivity contribution >= 4 is 0 Å². The van der Waals surface area contributed by atoms with Crippen LogP contribution in [-0.4, -0.2) is 5.11 Å². The monoisotopic (exact) mass is 206 g/mol. The average molecular weight is 206 g/mol. The second-order valence-corrected chi connectivity index (χ2v) is 4.18. The smallest absolute Gasteiger partial charge is 0.126 e. The van der Waals surface area contributed by atoms with Crippen LogP contribution < -0.4 is 0 Å². The summed E-state index contributed by atoms with van der Waals surface area (Å²) in [7, 11) is 0. The second-order valence-electron chi connectivity index (χ2n) is 4.18. The van der Waals surface area contributed by atoms with Gasteiger partial charge in [-0.25, -0.2) is 4.39 Å². The van der Waals surface area contributed by atoms with E-state index in [2.05, 4.69) is 0 Å². The van der Waals surface area contributed by atoms with E-state index < -0.39 is 5.60 Å². The van der Waals surface area contributed by atoms with Gasteiger partial charge in [0, 0.05) is 0 Å². The molecule has 0 aliphatic heterocycles. The fourth-order valence-corrected chi connectivity index (χ4v) is 2.01. The van der Waals surface area contributed by atoms with Crippen molar-refractivity contribution in [2.24, 2.45) is 0 Å². The third-order valence-electron chi connectivity index (χ3n) is 2.98. The van der Waals surface area contributed by atoms with Gasteiger partial charge < -0.3 is 5.11 Å². The number of halogens is 1. The Hall–Kier alpha value is -1.15. The molecule has 2 rings (SSSR count). The predicted octanol–water partition coefficient (Wildman–Crippen LogP) is 3.06. The Bertz CT molecular complexity index is 398. The van der Waals surface area contributed by atoms with E-state index >= 15 is 0 Å². The lowest BCUT2D eigenvalue weighted by Gasteiger charge is -2.28. The molecule has 0 aromatic heterocycles. The molecular weight excluding hydrogens is 191 g/mol. The third-order valence-corrected chi connectivity index (χ3v) is 2.98. The Morgan fingerprint density at radius 3 is 2.80 bits per heavy atom. The second kappa shape index (κ2) is 3.78. The number of hydrogen-bond donors (Lipinski definition) is 1. The quantitative estimate of drug-likeness (QED) is 0.700. The normalized spacial score (nSPS) is 25.5. The summed E-state index contributed by atoms with van der Waals surface area (Å²) in [5, 5.41) is 10.3. The maximum absolute atomic E-state index is 13.1. The molecule has 15 heavy (non-hydrogen) atoms. The third kappa shape index (κ3) is 1.95. The first-order valence-electron chi connectivity index (χ1n) is 5.28. The van der Waals surface area contributed by atoms with Crippen LogP contribution in [0.2, 0.25) is 0 Å². The molecule has 1 atom stereocenters. The number of hydrogen-bond acceptors (Lipinski definition) is 1. The van der Waals surface area contributed by atoms with E-state index in [1.165, 1.54) is 6.07 Å². The van der Waals surface area contributed by atoms with Crippen molar-refractivity contribution in [1.82, 2.24) is 0 Å². The number of allylic oxidation sites excluding steroid dienone is 1. The van der Waals surface area contributed by atoms with Gasteiger partial charge >= 0.3 is 0 Å². The molecule has 2 heteroatoms. The zero-order valence-electron chi connectivity index (χ0n) is 8.83. The van der Waals surface area contributed by atoms with E-state index in [1.54, 1.807) is 19.1 Å². The van der Waals surface area contributed by atoms with Crippen LogP contribution in [0.1, 0.15) is 30.4 Å². The Balaban J connectivity index is 2.40. The van der Waals surface area contributed by atoms with Crippen molar-refractivity contribution in [2.45, 2.75) is 31.8 Å². The molecular formula is C13H15FO. The van der Waals surface area contributed by atoms with Gasteiger partial charge in [0.15, 0.2) is 0 Å². The Kier molecular flexibility index (Phi) is 2.61. The van der Waals surface area contributed by atoms with Gasteiger partial charge in [0.05, 0.1) is 0 Å². The Morgan fingerprint density at radius 2 is 2.20 bits per heavy atom. The van der Waals surface area contributed by atoms with Gasteiger partial charge in [-0.15, -0.1) is 0 Å². The number of aliphatic hydroxyl groups is 1. The van der Waals surface area contributed by atoms with E-state index in [4.69, 9.17) is 0 Å². The first-order valence-corrected chi connectivity index (χ1v) is 5.28. The molecule has 0 saturated carbocycles. The van der Waals surface area contributed by atoms with Gasteiger partial charge in [0.1, 0.15) is 11.4 Å². The van der Waals surface area contributed by atoms with Gasteiger partial charge in [0.2, 0.25) is 0 Å². The predicted molar refractivity (Wildman–Crippen MR) is 58.0 cm³/mol. The highest BCUT2D eigenvalue weighted by molar-refractivity contribution is 5.32. The molecule has 0 saturated heterocycles. The molecule has 0 spiro atoms. The SMILES string of the molecule is Cc1cc(C2(O)C=CCCC2)ccc1F. The molecule has 0 radical (unpaired) electrons. The fraction of sp³-hybridized carbons (Fsp3) is 0.385. The summed E-state index contributed by atoms with van der Waals surface area (Å²) >= 11 is 0. The highest BCUT2D eigenvalue weighted by atomic mass is 19.1. The van der Waals surface area contributed by atoms with Crippen molar-refractivity contribution in [3.63, 3.8) is 0 Å². The van der Waals surface area contributed by atoms with Crippen LogP contribution in [0.4, 0.5) is 4.39 Å². The van der Waals surface area contributed by atoms with Crippen LogP contribution in [0.5, 0.6) is 0 Å². The van der Waals surface area contributed by atoms with Gasteiger partial charge in [-0.05, 0) is 49.4 Å². The summed E-state index contributed by atoms with van der Waals surface area (Å²) in [5.41, 5.74) is 0.480. The summed E-state index contributed by atoms with van der Waals surface area (Å²) in [5.74, 6) is -0.220. The molecule has 1 aromatic carbocycles. The standard InChI is InChI=1S/C13H15FO/c1-10-9-11(5-6-12(10)14)13(15)7-3-2-4-8-13/h3,5-7,9,15H,2,4,8H2,1H3. The highest BCUT2D eigenvalue weighted by Gasteiger charge is 2.27. The molecule has 1 unspecified atom stereocenters. The number of benzene rings is 1. The van der Waals surface area contributed by atoms with Gasteiger partial charge in [0.25, 0.3) is 0 Å². The molecule has 1 aliphatic rings. The molecule has 1 aliphatic carbocycles. The lowest BCUT2D eigenvalue weighted by atomic mass is 9.84. The maximum Gasteiger partial charge on any atom is 0.126 e. The van der Waals surface area contributed by atoms with Crippen molar-refractivity contribution in [3.05, 3.63) is 47.3 Å². The molecule has 1 aromatic rings. The van der Waals surface area contributed by atoms with Crippen LogP contribution in [0.15, 0.2) is 30.4 Å². The Morgan fingerprint density at radius 1 is 1.40 bits per heavy atom. The highest BCUT2D eigenvalue weighted by Crippen LogP contribution is 2.32. The topological polar surface area (TPSA) is 20.2 Å². The minimum absolute atomic E-state index is 0.220. The van der Waals surface area contributed by atoms with Crippen molar-refractivity contribution < 1.29 is 9.50 Å². The molecule has 0 bridgehead atoms. The van der Waals surface area contributed by atoms with E-state index in [0.29, 0.717) is 12.0 Å². The van der Waals surface area contributed by atoms with Crippen molar-refractivity contribution in [3.8, 4) is 0 Å². The van der Waals surface area contributed by atoms with Crippen LogP contribution in [0.25, 0.3) is 0 Å². The Labute approximate surface area is 89.3 Å². The molecule has 1 N–H and O–H groups in total. The largest absolute Gasteiger partial charge is 0.381 e. The van der Waals surface area contributed by atoms with E-state index in [0.717, 1.165) is 18.4 Å². The summed E-state index contributed by atoms with van der Waals surface area (Å²) in [6.07, 6.45) is 6.52. The van der Waals surface area contributed by atoms with Crippen molar-refractivity contribution in [2.75, 3.05) is 0 Å². The maximum atomic E-state index is 13.1. The number of rotatable bonds is 1. The zero-order valence-corrected chi connectivity index (χ0v) is 8.83. The lowest BCUT2D eigenvalue weighted by Crippen LogP contribution is -2.24. The summed E-state index contributed by atoms with van der Waals surface area (Å²) in [4.78, 5) is 0. The summed E-state index contributed by atoms with van der Waals surface area (Å²) < 4.78 is 13.1. The van der Waals surface area contributed by atoms with Gasteiger partial charge in [-0.3, -0.25) is 0 Å². The van der Waals surface area contributed by atoms with E-state index in [-0.39, 0.29) is 5.82 Å². The fourth-order valence-electron chi connectivity index (χ4n) is 2.01. The zero-order chi connectivity index (χ0) is 10.9. The average Bonchev–Trinajstić information content (AvgIpc) is 2.23. The van der Waals surface area contributed by atoms with Gasteiger partial charge in [-0.2, -0.15) is 0 Å². The minimum Gasteiger partial charge on any atom is -0.381 e. The summed E-state index contributed by atoms with van der Waals surface area (Å²) in [6.45, 7) is 1.72. The van der Waals surface area contributed by atoms with E-state index in [9.17, 15) is 9.50 Å².